The van der Waals surface area contributed by atoms with Crippen molar-refractivity contribution >= 4 is 5.71 Å². The minimum Gasteiger partial charge on any atom is -0.487 e. The molecule has 1 unspecified atom stereocenters. The van der Waals surface area contributed by atoms with Crippen LogP contribution in [0.5, 0.6) is 5.75 Å². The van der Waals surface area contributed by atoms with Crippen molar-refractivity contribution < 1.29 is 9.15 Å². The summed E-state index contributed by atoms with van der Waals surface area (Å²) in [5.41, 5.74) is 4.51. The van der Waals surface area contributed by atoms with Gasteiger partial charge in [-0.1, -0.05) is 19.9 Å². The second kappa shape index (κ2) is 9.50. The number of aromatic nitrogens is 2. The quantitative estimate of drug-likeness (QED) is 0.459. The maximum absolute atomic E-state index is 8.15. The highest BCUT2D eigenvalue weighted by atomic mass is 16.5. The highest BCUT2D eigenvalue weighted by molar-refractivity contribution is 5.83. The Morgan fingerprint density at radius 3 is 2.55 bits per heavy atom. The van der Waals surface area contributed by atoms with E-state index in [1.54, 1.807) is 0 Å². The van der Waals surface area contributed by atoms with E-state index in [-0.39, 0.29) is 0 Å². The van der Waals surface area contributed by atoms with Crippen molar-refractivity contribution in [2.75, 3.05) is 0 Å². The summed E-state index contributed by atoms with van der Waals surface area (Å²) in [6.45, 7) is 8.56. The third-order valence-electron chi connectivity index (χ3n) is 5.17. The summed E-state index contributed by atoms with van der Waals surface area (Å²) in [6, 6.07) is 13.7. The number of aryl methyl sites for hydroxylation is 3. The van der Waals surface area contributed by atoms with Crippen molar-refractivity contribution in [2.45, 2.75) is 53.6 Å². The fourth-order valence-corrected chi connectivity index (χ4v) is 3.06. The van der Waals surface area contributed by atoms with E-state index in [0.29, 0.717) is 18.4 Å². The molecule has 2 heterocycles. The predicted octanol–water partition coefficient (Wildman–Crippen LogP) is 5.93. The van der Waals surface area contributed by atoms with E-state index in [2.05, 4.69) is 23.8 Å². The fraction of sp³-hybridized carbons (Fsp3) is 0.375. The van der Waals surface area contributed by atoms with Gasteiger partial charge in [0, 0.05) is 17.0 Å². The Kier molecular flexibility index (Phi) is 6.81. The normalized spacial score (nSPS) is 12.0. The molecule has 0 saturated carbocycles. The first-order chi connectivity index (χ1) is 14.0. The van der Waals surface area contributed by atoms with Crippen LogP contribution in [0, 0.1) is 25.2 Å². The van der Waals surface area contributed by atoms with Crippen LogP contribution in [0.2, 0.25) is 0 Å². The Hall–Kier alpha value is -2.95. The van der Waals surface area contributed by atoms with E-state index < -0.39 is 0 Å². The number of nitrogens with one attached hydrogen (secondary N) is 1. The second-order valence-corrected chi connectivity index (χ2v) is 7.44. The lowest BCUT2D eigenvalue weighted by molar-refractivity contribution is 0.301. The molecule has 29 heavy (non-hydrogen) atoms. The standard InChI is InChI=1S/C24H29N3O2/c1-5-16(2)22(25)13-14-23-18(4)29-24(27-23)19-9-11-21(12-10-19)28-15-20-8-6-7-17(3)26-20/h6-12,16,25H,5,13-15H2,1-4H3. The highest BCUT2D eigenvalue weighted by Gasteiger charge is 2.14. The van der Waals surface area contributed by atoms with Gasteiger partial charge in [0.2, 0.25) is 5.89 Å². The third kappa shape index (κ3) is 5.53. The SMILES string of the molecule is CCC(C)C(=N)CCc1nc(-c2ccc(OCc3cccc(C)n3)cc2)oc1C. The molecule has 0 amide bonds. The summed E-state index contributed by atoms with van der Waals surface area (Å²) in [5, 5.41) is 8.15. The average molecular weight is 392 g/mol. The van der Waals surface area contributed by atoms with Crippen LogP contribution in [0.4, 0.5) is 0 Å². The first-order valence-corrected chi connectivity index (χ1v) is 10.2. The van der Waals surface area contributed by atoms with Crippen LogP contribution >= 0.6 is 0 Å². The lowest BCUT2D eigenvalue weighted by Gasteiger charge is -2.09. The van der Waals surface area contributed by atoms with Crippen molar-refractivity contribution in [1.29, 1.82) is 5.41 Å². The summed E-state index contributed by atoms with van der Waals surface area (Å²) in [4.78, 5) is 9.10. The molecule has 0 aliphatic carbocycles. The van der Waals surface area contributed by atoms with Crippen LogP contribution in [0.1, 0.15) is 49.5 Å². The maximum atomic E-state index is 8.15. The van der Waals surface area contributed by atoms with Gasteiger partial charge in [0.05, 0.1) is 11.4 Å². The van der Waals surface area contributed by atoms with Crippen LogP contribution in [0.3, 0.4) is 0 Å². The van der Waals surface area contributed by atoms with Gasteiger partial charge in [-0.2, -0.15) is 0 Å². The molecule has 5 heteroatoms. The Labute approximate surface area is 172 Å². The zero-order chi connectivity index (χ0) is 20.8. The number of rotatable bonds is 9. The second-order valence-electron chi connectivity index (χ2n) is 7.44. The highest BCUT2D eigenvalue weighted by Crippen LogP contribution is 2.25. The molecule has 0 bridgehead atoms. The van der Waals surface area contributed by atoms with Gasteiger partial charge < -0.3 is 14.6 Å². The summed E-state index contributed by atoms with van der Waals surface area (Å²) in [7, 11) is 0. The van der Waals surface area contributed by atoms with Gasteiger partial charge in [-0.25, -0.2) is 4.98 Å². The number of pyridine rings is 1. The number of benzene rings is 1. The fourth-order valence-electron chi connectivity index (χ4n) is 3.06. The van der Waals surface area contributed by atoms with E-state index in [4.69, 9.17) is 14.6 Å². The van der Waals surface area contributed by atoms with Crippen LogP contribution in [-0.4, -0.2) is 15.7 Å². The predicted molar refractivity (Wildman–Crippen MR) is 115 cm³/mol. The van der Waals surface area contributed by atoms with Gasteiger partial charge >= 0.3 is 0 Å². The Bertz CT molecular complexity index is 961. The Balaban J connectivity index is 1.61. The topological polar surface area (TPSA) is 72.0 Å². The van der Waals surface area contributed by atoms with Crippen molar-refractivity contribution in [3.63, 3.8) is 0 Å². The molecular weight excluding hydrogens is 362 g/mol. The van der Waals surface area contributed by atoms with E-state index in [9.17, 15) is 0 Å². The van der Waals surface area contributed by atoms with E-state index in [0.717, 1.165) is 59.1 Å². The van der Waals surface area contributed by atoms with Gasteiger partial charge in [0.25, 0.3) is 0 Å². The van der Waals surface area contributed by atoms with Gasteiger partial charge in [-0.05, 0) is 75.4 Å². The molecule has 2 aromatic heterocycles. The summed E-state index contributed by atoms with van der Waals surface area (Å²) < 4.78 is 11.7. The first kappa shape index (κ1) is 20.8. The lowest BCUT2D eigenvalue weighted by atomic mass is 9.98. The molecule has 5 nitrogen and oxygen atoms in total. The van der Waals surface area contributed by atoms with Crippen molar-refractivity contribution in [2.24, 2.45) is 5.92 Å². The van der Waals surface area contributed by atoms with Crippen LogP contribution in [0.15, 0.2) is 46.9 Å². The van der Waals surface area contributed by atoms with Gasteiger partial charge in [-0.3, -0.25) is 4.98 Å². The molecule has 0 aliphatic rings. The molecule has 0 fully saturated rings. The number of ether oxygens (including phenoxy) is 1. The van der Waals surface area contributed by atoms with Crippen LogP contribution in [-0.2, 0) is 13.0 Å². The van der Waals surface area contributed by atoms with E-state index in [1.165, 1.54) is 0 Å². The van der Waals surface area contributed by atoms with Crippen molar-refractivity contribution in [3.8, 4) is 17.2 Å². The molecule has 152 valence electrons. The van der Waals surface area contributed by atoms with Crippen LogP contribution in [0.25, 0.3) is 11.5 Å². The number of oxazole rings is 1. The first-order valence-electron chi connectivity index (χ1n) is 10.2. The van der Waals surface area contributed by atoms with Gasteiger partial charge in [-0.15, -0.1) is 0 Å². The molecule has 0 saturated heterocycles. The molecule has 1 atom stereocenters. The smallest absolute Gasteiger partial charge is 0.226 e. The molecule has 3 aromatic rings. The van der Waals surface area contributed by atoms with Crippen LogP contribution < -0.4 is 4.74 Å². The third-order valence-corrected chi connectivity index (χ3v) is 5.17. The number of nitrogens with zero attached hydrogens (tertiary/aromatic N) is 2. The summed E-state index contributed by atoms with van der Waals surface area (Å²) in [6.07, 6.45) is 2.46. The largest absolute Gasteiger partial charge is 0.487 e. The Morgan fingerprint density at radius 2 is 1.86 bits per heavy atom. The number of hydrogen-bond donors (Lipinski definition) is 1. The molecule has 1 N–H and O–H groups in total. The summed E-state index contributed by atoms with van der Waals surface area (Å²) >= 11 is 0. The van der Waals surface area contributed by atoms with Gasteiger partial charge in [0.1, 0.15) is 18.1 Å². The zero-order valence-electron chi connectivity index (χ0n) is 17.7. The lowest BCUT2D eigenvalue weighted by Crippen LogP contribution is -2.10. The molecule has 0 radical (unpaired) electrons. The Morgan fingerprint density at radius 1 is 1.10 bits per heavy atom. The van der Waals surface area contributed by atoms with Crippen molar-refractivity contribution in [3.05, 3.63) is 65.3 Å². The molecular formula is C24H29N3O2. The minimum atomic E-state index is 0.323. The monoisotopic (exact) mass is 391 g/mol. The van der Waals surface area contributed by atoms with E-state index in [1.807, 2.05) is 56.3 Å². The molecule has 0 spiro atoms. The van der Waals surface area contributed by atoms with Crippen molar-refractivity contribution in [1.82, 2.24) is 9.97 Å². The molecule has 1 aromatic carbocycles. The van der Waals surface area contributed by atoms with Gasteiger partial charge in [0.15, 0.2) is 0 Å². The summed E-state index contributed by atoms with van der Waals surface area (Å²) in [5.74, 6) is 2.54. The molecule has 3 rings (SSSR count). The molecule has 0 aliphatic heterocycles. The number of hydrogen-bond acceptors (Lipinski definition) is 5. The van der Waals surface area contributed by atoms with E-state index >= 15 is 0 Å². The zero-order valence-corrected chi connectivity index (χ0v) is 17.7. The minimum absolute atomic E-state index is 0.323. The maximum Gasteiger partial charge on any atom is 0.226 e. The average Bonchev–Trinajstić information content (AvgIpc) is 3.10.